The van der Waals surface area contributed by atoms with Crippen LogP contribution in [0.25, 0.3) is 10.8 Å². The minimum atomic E-state index is -3.68. The quantitative estimate of drug-likeness (QED) is 0.515. The lowest BCUT2D eigenvalue weighted by atomic mass is 10.1. The highest BCUT2D eigenvalue weighted by Gasteiger charge is 2.28. The van der Waals surface area contributed by atoms with E-state index < -0.39 is 22.0 Å². The molecule has 7 nitrogen and oxygen atoms in total. The van der Waals surface area contributed by atoms with Gasteiger partial charge in [0.1, 0.15) is 24.1 Å². The molecule has 3 aromatic rings. The fourth-order valence-corrected chi connectivity index (χ4v) is 4.46. The van der Waals surface area contributed by atoms with Crippen molar-refractivity contribution < 1.29 is 22.7 Å². The molecule has 164 valence electrons. The van der Waals surface area contributed by atoms with Crippen LogP contribution in [0.2, 0.25) is 0 Å². The molecule has 0 bridgehead atoms. The molecule has 0 heterocycles. The molecule has 31 heavy (non-hydrogen) atoms. The monoisotopic (exact) mass is 442 g/mol. The van der Waals surface area contributed by atoms with Crippen LogP contribution in [-0.4, -0.2) is 46.9 Å². The summed E-state index contributed by atoms with van der Waals surface area (Å²) in [7, 11) is -2.15. The van der Waals surface area contributed by atoms with Crippen LogP contribution in [0.5, 0.6) is 11.5 Å². The predicted octanol–water partition coefficient (Wildman–Crippen LogP) is 3.20. The van der Waals surface area contributed by atoms with Gasteiger partial charge in [-0.25, -0.2) is 8.42 Å². The lowest BCUT2D eigenvalue weighted by Crippen LogP contribution is -2.48. The van der Waals surface area contributed by atoms with Gasteiger partial charge in [0, 0.05) is 0 Å². The summed E-state index contributed by atoms with van der Waals surface area (Å²) in [6, 6.07) is 19.3. The van der Waals surface area contributed by atoms with Gasteiger partial charge >= 0.3 is 0 Å². The van der Waals surface area contributed by atoms with Crippen molar-refractivity contribution in [1.29, 1.82) is 0 Å². The Bertz CT molecular complexity index is 1150. The molecular formula is C23H26N2O5S. The first-order valence-electron chi connectivity index (χ1n) is 9.82. The van der Waals surface area contributed by atoms with Crippen molar-refractivity contribution in [3.8, 4) is 11.5 Å². The molecule has 1 atom stereocenters. The highest BCUT2D eigenvalue weighted by Crippen LogP contribution is 2.24. The predicted molar refractivity (Wildman–Crippen MR) is 122 cm³/mol. The molecule has 0 aliphatic heterocycles. The van der Waals surface area contributed by atoms with E-state index in [1.54, 1.807) is 31.2 Å². The van der Waals surface area contributed by atoms with Gasteiger partial charge in [-0.3, -0.25) is 9.10 Å². The zero-order valence-corrected chi connectivity index (χ0v) is 18.6. The Balaban J connectivity index is 1.59. The third-order valence-corrected chi connectivity index (χ3v) is 6.05. The highest BCUT2D eigenvalue weighted by atomic mass is 32.2. The number of nitrogens with zero attached hydrogens (tertiary/aromatic N) is 1. The first-order chi connectivity index (χ1) is 14.8. The minimum Gasteiger partial charge on any atom is -0.497 e. The fraction of sp³-hybridized carbons (Fsp3) is 0.261. The average molecular weight is 443 g/mol. The molecule has 1 unspecified atom stereocenters. The Morgan fingerprint density at radius 1 is 1.00 bits per heavy atom. The topological polar surface area (TPSA) is 84.9 Å². The number of anilines is 1. The smallest absolute Gasteiger partial charge is 0.243 e. The van der Waals surface area contributed by atoms with E-state index in [-0.39, 0.29) is 13.2 Å². The first kappa shape index (κ1) is 22.4. The van der Waals surface area contributed by atoms with E-state index in [9.17, 15) is 13.2 Å². The number of sulfonamides is 1. The van der Waals surface area contributed by atoms with E-state index in [0.717, 1.165) is 21.3 Å². The molecule has 0 radical (unpaired) electrons. The lowest BCUT2D eigenvalue weighted by molar-refractivity contribution is -0.121. The summed E-state index contributed by atoms with van der Waals surface area (Å²) >= 11 is 0. The Labute approximate surface area is 182 Å². The third-order valence-electron chi connectivity index (χ3n) is 4.81. The molecule has 3 aromatic carbocycles. The number of ether oxygens (including phenoxy) is 2. The van der Waals surface area contributed by atoms with E-state index in [4.69, 9.17) is 9.47 Å². The second-order valence-electron chi connectivity index (χ2n) is 7.08. The van der Waals surface area contributed by atoms with Gasteiger partial charge in [-0.15, -0.1) is 0 Å². The van der Waals surface area contributed by atoms with Crippen molar-refractivity contribution in [2.75, 3.05) is 30.8 Å². The zero-order valence-electron chi connectivity index (χ0n) is 17.7. The Kier molecular flexibility index (Phi) is 7.02. The van der Waals surface area contributed by atoms with Crippen LogP contribution in [0.1, 0.15) is 6.92 Å². The molecule has 3 rings (SSSR count). The number of carbonyl (C=O) groups is 1. The van der Waals surface area contributed by atoms with Crippen molar-refractivity contribution >= 4 is 32.4 Å². The van der Waals surface area contributed by atoms with Gasteiger partial charge in [-0.2, -0.15) is 0 Å². The van der Waals surface area contributed by atoms with Crippen LogP contribution in [0, 0.1) is 0 Å². The summed E-state index contributed by atoms with van der Waals surface area (Å²) in [5, 5.41) is 4.93. The Hall–Kier alpha value is -3.26. The second kappa shape index (κ2) is 9.70. The largest absolute Gasteiger partial charge is 0.497 e. The molecule has 0 saturated heterocycles. The van der Waals surface area contributed by atoms with Gasteiger partial charge in [-0.05, 0) is 54.1 Å². The molecule has 0 aliphatic rings. The van der Waals surface area contributed by atoms with Crippen molar-refractivity contribution in [2.45, 2.75) is 13.0 Å². The summed E-state index contributed by atoms with van der Waals surface area (Å²) in [5.74, 6) is 0.889. The number of amides is 1. The molecule has 0 aromatic heterocycles. The van der Waals surface area contributed by atoms with Crippen LogP contribution < -0.4 is 19.1 Å². The molecule has 0 saturated carbocycles. The molecular weight excluding hydrogens is 416 g/mol. The van der Waals surface area contributed by atoms with Crippen LogP contribution in [0.15, 0.2) is 66.7 Å². The summed E-state index contributed by atoms with van der Waals surface area (Å²) in [6.45, 7) is 2.05. The highest BCUT2D eigenvalue weighted by molar-refractivity contribution is 7.92. The fourth-order valence-electron chi connectivity index (χ4n) is 3.29. The van der Waals surface area contributed by atoms with Crippen molar-refractivity contribution in [2.24, 2.45) is 0 Å². The number of carbonyl (C=O) groups excluding carboxylic acids is 1. The summed E-state index contributed by atoms with van der Waals surface area (Å²) < 4.78 is 36.6. The normalized spacial score (nSPS) is 12.2. The van der Waals surface area contributed by atoms with Gasteiger partial charge in [0.25, 0.3) is 0 Å². The van der Waals surface area contributed by atoms with Crippen molar-refractivity contribution in [3.05, 3.63) is 66.7 Å². The summed E-state index contributed by atoms with van der Waals surface area (Å²) in [6.07, 6.45) is 1.07. The molecule has 8 heteroatoms. The standard InChI is InChI=1S/C23H26N2O5S/c1-17(25(31(3,27)28)20-9-12-21(29-2)13-10-20)23(26)24-14-15-30-22-11-8-18-6-4-5-7-19(18)16-22/h4-13,16-17H,14-15H2,1-3H3,(H,24,26). The van der Waals surface area contributed by atoms with E-state index in [1.165, 1.54) is 7.11 Å². The minimum absolute atomic E-state index is 0.246. The zero-order chi connectivity index (χ0) is 22.4. The first-order valence-corrected chi connectivity index (χ1v) is 11.7. The molecule has 1 N–H and O–H groups in total. The molecule has 0 fully saturated rings. The number of benzene rings is 3. The Morgan fingerprint density at radius 2 is 1.65 bits per heavy atom. The lowest BCUT2D eigenvalue weighted by Gasteiger charge is -2.28. The van der Waals surface area contributed by atoms with Crippen LogP contribution in [0.3, 0.4) is 0 Å². The summed E-state index contributed by atoms with van der Waals surface area (Å²) in [5.41, 5.74) is 0.387. The van der Waals surface area contributed by atoms with Crippen molar-refractivity contribution in [3.63, 3.8) is 0 Å². The van der Waals surface area contributed by atoms with Gasteiger partial charge in [-0.1, -0.05) is 30.3 Å². The molecule has 0 aliphatic carbocycles. The van der Waals surface area contributed by atoms with E-state index in [0.29, 0.717) is 17.2 Å². The maximum Gasteiger partial charge on any atom is 0.243 e. The Morgan fingerprint density at radius 3 is 2.29 bits per heavy atom. The average Bonchev–Trinajstić information content (AvgIpc) is 2.76. The SMILES string of the molecule is COc1ccc(N(C(C)C(=O)NCCOc2ccc3ccccc3c2)S(C)(=O)=O)cc1. The van der Waals surface area contributed by atoms with Crippen LogP contribution in [0.4, 0.5) is 5.69 Å². The van der Waals surface area contributed by atoms with Gasteiger partial charge in [0.05, 0.1) is 25.6 Å². The van der Waals surface area contributed by atoms with Gasteiger partial charge in [0.15, 0.2) is 0 Å². The number of fused-ring (bicyclic) bond motifs is 1. The molecule has 0 spiro atoms. The number of hydrogen-bond donors (Lipinski definition) is 1. The van der Waals surface area contributed by atoms with Gasteiger partial charge < -0.3 is 14.8 Å². The van der Waals surface area contributed by atoms with E-state index in [1.807, 2.05) is 42.5 Å². The van der Waals surface area contributed by atoms with E-state index in [2.05, 4.69) is 5.32 Å². The summed E-state index contributed by atoms with van der Waals surface area (Å²) in [4.78, 5) is 12.6. The number of hydrogen-bond acceptors (Lipinski definition) is 5. The number of rotatable bonds is 9. The number of methoxy groups -OCH3 is 1. The molecule has 1 amide bonds. The van der Waals surface area contributed by atoms with E-state index >= 15 is 0 Å². The van der Waals surface area contributed by atoms with Crippen LogP contribution >= 0.6 is 0 Å². The third kappa shape index (κ3) is 5.67. The maximum atomic E-state index is 12.6. The number of nitrogens with one attached hydrogen (secondary N) is 1. The van der Waals surface area contributed by atoms with Crippen LogP contribution in [-0.2, 0) is 14.8 Å². The van der Waals surface area contributed by atoms with Crippen molar-refractivity contribution in [1.82, 2.24) is 5.32 Å². The second-order valence-corrected chi connectivity index (χ2v) is 8.94. The van der Waals surface area contributed by atoms with Gasteiger partial charge in [0.2, 0.25) is 15.9 Å². The maximum absolute atomic E-state index is 12.6.